The summed E-state index contributed by atoms with van der Waals surface area (Å²) < 4.78 is 25.2. The van der Waals surface area contributed by atoms with Gasteiger partial charge in [-0.2, -0.15) is 0 Å². The molecule has 0 bridgehead atoms. The van der Waals surface area contributed by atoms with Crippen molar-refractivity contribution in [3.8, 4) is 11.5 Å². The standard InChI is InChI=1S/C19H16FNO2/c20-15-6-2-5-14-12-3-1-4-13(12)18(21-19(14)15)11-7-8-16-17(9-11)23-10-22-16/h1-3,5-9,12-13,18,21H,4,10H2. The summed E-state index contributed by atoms with van der Waals surface area (Å²) in [5.41, 5.74) is 2.80. The predicted octanol–water partition coefficient (Wildman–Crippen LogP) is 4.38. The molecule has 1 N–H and O–H groups in total. The van der Waals surface area contributed by atoms with E-state index in [1.54, 1.807) is 6.07 Å². The fourth-order valence-electron chi connectivity index (χ4n) is 4.02. The van der Waals surface area contributed by atoms with Gasteiger partial charge in [-0.25, -0.2) is 4.39 Å². The smallest absolute Gasteiger partial charge is 0.231 e. The molecule has 5 rings (SSSR count). The summed E-state index contributed by atoms with van der Waals surface area (Å²) in [6, 6.07) is 11.4. The fourth-order valence-corrected chi connectivity index (χ4v) is 4.02. The molecule has 0 aromatic heterocycles. The Labute approximate surface area is 133 Å². The van der Waals surface area contributed by atoms with Gasteiger partial charge in [0.2, 0.25) is 6.79 Å². The van der Waals surface area contributed by atoms with E-state index in [1.807, 2.05) is 24.3 Å². The van der Waals surface area contributed by atoms with Crippen LogP contribution in [0.4, 0.5) is 10.1 Å². The van der Waals surface area contributed by atoms with Crippen LogP contribution < -0.4 is 14.8 Å². The molecular formula is C19H16FNO2. The SMILES string of the molecule is Fc1cccc2c1NC(c1ccc3c(c1)OCO3)C1CC=CC21. The number of anilines is 1. The van der Waals surface area contributed by atoms with Crippen molar-refractivity contribution < 1.29 is 13.9 Å². The molecule has 0 fully saturated rings. The lowest BCUT2D eigenvalue weighted by molar-refractivity contribution is 0.174. The minimum atomic E-state index is -0.188. The zero-order valence-electron chi connectivity index (χ0n) is 12.5. The van der Waals surface area contributed by atoms with Crippen LogP contribution in [0, 0.1) is 11.7 Å². The van der Waals surface area contributed by atoms with Gasteiger partial charge in [-0.05, 0) is 41.7 Å². The molecule has 0 saturated carbocycles. The highest BCUT2D eigenvalue weighted by Gasteiger charge is 2.39. The average molecular weight is 309 g/mol. The summed E-state index contributed by atoms with van der Waals surface area (Å²) >= 11 is 0. The molecule has 3 atom stereocenters. The zero-order chi connectivity index (χ0) is 15.4. The molecule has 3 aliphatic rings. The zero-order valence-corrected chi connectivity index (χ0v) is 12.5. The Morgan fingerprint density at radius 1 is 1.09 bits per heavy atom. The summed E-state index contributed by atoms with van der Waals surface area (Å²) in [6.45, 7) is 0.266. The number of ether oxygens (including phenoxy) is 2. The summed E-state index contributed by atoms with van der Waals surface area (Å²) in [5.74, 6) is 2.01. The number of halogens is 1. The van der Waals surface area contributed by atoms with Crippen molar-refractivity contribution in [2.24, 2.45) is 5.92 Å². The molecule has 2 aliphatic heterocycles. The monoisotopic (exact) mass is 309 g/mol. The molecule has 2 heterocycles. The Bertz CT molecular complexity index is 817. The van der Waals surface area contributed by atoms with Crippen LogP contribution in [0.2, 0.25) is 0 Å². The van der Waals surface area contributed by atoms with Gasteiger partial charge < -0.3 is 14.8 Å². The lowest BCUT2D eigenvalue weighted by Gasteiger charge is -2.37. The quantitative estimate of drug-likeness (QED) is 0.793. The van der Waals surface area contributed by atoms with Gasteiger partial charge in [-0.15, -0.1) is 0 Å². The molecule has 0 radical (unpaired) electrons. The van der Waals surface area contributed by atoms with Gasteiger partial charge in [0, 0.05) is 5.92 Å². The second kappa shape index (κ2) is 4.75. The van der Waals surface area contributed by atoms with Crippen molar-refractivity contribution in [2.75, 3.05) is 12.1 Å². The molecular weight excluding hydrogens is 293 g/mol. The third-order valence-corrected chi connectivity index (χ3v) is 5.10. The van der Waals surface area contributed by atoms with Gasteiger partial charge in [-0.1, -0.05) is 30.4 Å². The van der Waals surface area contributed by atoms with Gasteiger partial charge in [-0.3, -0.25) is 0 Å². The maximum atomic E-state index is 14.3. The second-order valence-electron chi connectivity index (χ2n) is 6.29. The number of benzene rings is 2. The number of para-hydroxylation sites is 1. The summed E-state index contributed by atoms with van der Waals surface area (Å²) in [5, 5.41) is 3.43. The van der Waals surface area contributed by atoms with Crippen LogP contribution >= 0.6 is 0 Å². The Morgan fingerprint density at radius 3 is 2.96 bits per heavy atom. The van der Waals surface area contributed by atoms with Gasteiger partial charge >= 0.3 is 0 Å². The van der Waals surface area contributed by atoms with Crippen molar-refractivity contribution in [1.29, 1.82) is 0 Å². The third kappa shape index (κ3) is 1.87. The third-order valence-electron chi connectivity index (χ3n) is 5.10. The molecule has 1 aliphatic carbocycles. The predicted molar refractivity (Wildman–Crippen MR) is 85.3 cm³/mol. The summed E-state index contributed by atoms with van der Waals surface area (Å²) in [7, 11) is 0. The number of nitrogens with one attached hydrogen (secondary N) is 1. The highest BCUT2D eigenvalue weighted by molar-refractivity contribution is 5.61. The maximum Gasteiger partial charge on any atom is 0.231 e. The van der Waals surface area contributed by atoms with Crippen LogP contribution in [0.5, 0.6) is 11.5 Å². The minimum Gasteiger partial charge on any atom is -0.454 e. The molecule has 3 unspecified atom stereocenters. The number of rotatable bonds is 1. The molecule has 0 amide bonds. The van der Waals surface area contributed by atoms with Gasteiger partial charge in [0.15, 0.2) is 11.5 Å². The van der Waals surface area contributed by atoms with Crippen molar-refractivity contribution in [2.45, 2.75) is 18.4 Å². The van der Waals surface area contributed by atoms with Crippen molar-refractivity contribution in [3.63, 3.8) is 0 Å². The molecule has 4 heteroatoms. The highest BCUT2D eigenvalue weighted by atomic mass is 19.1. The van der Waals surface area contributed by atoms with Crippen molar-refractivity contribution in [3.05, 3.63) is 65.5 Å². The average Bonchev–Trinajstić information content (AvgIpc) is 3.23. The number of hydrogen-bond acceptors (Lipinski definition) is 3. The number of hydrogen-bond donors (Lipinski definition) is 1. The van der Waals surface area contributed by atoms with E-state index in [0.717, 1.165) is 29.0 Å². The Balaban J connectivity index is 1.60. The van der Waals surface area contributed by atoms with E-state index in [1.165, 1.54) is 6.07 Å². The summed E-state index contributed by atoms with van der Waals surface area (Å²) in [6.07, 6.45) is 5.41. The first kappa shape index (κ1) is 13.0. The van der Waals surface area contributed by atoms with Crippen LogP contribution in [0.25, 0.3) is 0 Å². The minimum absolute atomic E-state index is 0.0638. The van der Waals surface area contributed by atoms with Gasteiger partial charge in [0.05, 0.1) is 11.7 Å². The maximum absolute atomic E-state index is 14.3. The van der Waals surface area contributed by atoms with Crippen LogP contribution in [0.3, 0.4) is 0 Å². The molecule has 3 nitrogen and oxygen atoms in total. The van der Waals surface area contributed by atoms with Gasteiger partial charge in [0.25, 0.3) is 0 Å². The van der Waals surface area contributed by atoms with E-state index in [2.05, 4.69) is 17.5 Å². The molecule has 23 heavy (non-hydrogen) atoms. The van der Waals surface area contributed by atoms with E-state index < -0.39 is 0 Å². The number of fused-ring (bicyclic) bond motifs is 4. The first-order valence-corrected chi connectivity index (χ1v) is 7.92. The Kier molecular flexibility index (Phi) is 2.68. The van der Waals surface area contributed by atoms with Crippen LogP contribution in [0.15, 0.2) is 48.6 Å². The lowest BCUT2D eigenvalue weighted by Crippen LogP contribution is -2.29. The van der Waals surface area contributed by atoms with E-state index in [-0.39, 0.29) is 24.6 Å². The van der Waals surface area contributed by atoms with E-state index in [0.29, 0.717) is 11.6 Å². The van der Waals surface area contributed by atoms with Crippen LogP contribution in [0.1, 0.15) is 29.5 Å². The molecule has 116 valence electrons. The molecule has 2 aromatic rings. The lowest BCUT2D eigenvalue weighted by atomic mass is 9.77. The summed E-state index contributed by atoms with van der Waals surface area (Å²) in [4.78, 5) is 0. The second-order valence-corrected chi connectivity index (χ2v) is 6.29. The van der Waals surface area contributed by atoms with Gasteiger partial charge in [0.1, 0.15) is 5.82 Å². The Hall–Kier alpha value is -2.49. The van der Waals surface area contributed by atoms with Crippen LogP contribution in [-0.2, 0) is 0 Å². The van der Waals surface area contributed by atoms with Crippen molar-refractivity contribution in [1.82, 2.24) is 0 Å². The highest BCUT2D eigenvalue weighted by Crippen LogP contribution is 2.51. The van der Waals surface area contributed by atoms with Crippen molar-refractivity contribution >= 4 is 5.69 Å². The van der Waals surface area contributed by atoms with Crippen LogP contribution in [-0.4, -0.2) is 6.79 Å². The first-order valence-electron chi connectivity index (χ1n) is 7.92. The first-order chi connectivity index (χ1) is 11.3. The molecule has 0 saturated heterocycles. The number of allylic oxidation sites excluding steroid dienone is 2. The molecule has 0 spiro atoms. The Morgan fingerprint density at radius 2 is 2.00 bits per heavy atom. The topological polar surface area (TPSA) is 30.5 Å². The largest absolute Gasteiger partial charge is 0.454 e. The fraction of sp³-hybridized carbons (Fsp3) is 0.263. The normalized spacial score (nSPS) is 26.6. The van der Waals surface area contributed by atoms with E-state index in [4.69, 9.17) is 9.47 Å². The molecule has 2 aromatic carbocycles. The van der Waals surface area contributed by atoms with E-state index in [9.17, 15) is 4.39 Å². The van der Waals surface area contributed by atoms with E-state index >= 15 is 0 Å².